The van der Waals surface area contributed by atoms with Gasteiger partial charge in [0, 0.05) is 11.6 Å². The van der Waals surface area contributed by atoms with E-state index in [4.69, 9.17) is 25.8 Å². The zero-order valence-corrected chi connectivity index (χ0v) is 12.6. The summed E-state index contributed by atoms with van der Waals surface area (Å²) < 4.78 is 15.7. The molecule has 0 aliphatic carbocycles. The molecule has 2 rings (SSSR count). The Morgan fingerprint density at radius 1 is 1.14 bits per heavy atom. The molecule has 1 aliphatic rings. The summed E-state index contributed by atoms with van der Waals surface area (Å²) in [4.78, 5) is 16.3. The third kappa shape index (κ3) is 2.95. The zero-order valence-electron chi connectivity index (χ0n) is 11.8. The summed E-state index contributed by atoms with van der Waals surface area (Å²) in [7, 11) is 4.57. The Hall–Kier alpha value is -2.21. The molecule has 7 heteroatoms. The molecule has 1 heterocycles. The van der Waals surface area contributed by atoms with Crippen LogP contribution in [-0.2, 0) is 9.63 Å². The predicted octanol–water partition coefficient (Wildman–Crippen LogP) is 2.25. The smallest absolute Gasteiger partial charge is 0.367 e. The Morgan fingerprint density at radius 3 is 2.33 bits per heavy atom. The number of carbonyl (C=O) groups is 1. The minimum atomic E-state index is -0.553. The Balaban J connectivity index is 2.53. The van der Waals surface area contributed by atoms with Crippen LogP contribution in [0.4, 0.5) is 0 Å². The first kappa shape index (κ1) is 15.2. The lowest BCUT2D eigenvalue weighted by Gasteiger charge is -2.12. The predicted molar refractivity (Wildman–Crippen MR) is 78.3 cm³/mol. The van der Waals surface area contributed by atoms with Crippen LogP contribution in [0.25, 0.3) is 6.08 Å². The summed E-state index contributed by atoms with van der Waals surface area (Å²) in [5.41, 5.74) is 1.29. The van der Waals surface area contributed by atoms with Crippen molar-refractivity contribution in [2.24, 2.45) is 5.16 Å². The van der Waals surface area contributed by atoms with Crippen LogP contribution in [-0.4, -0.2) is 38.9 Å². The van der Waals surface area contributed by atoms with Crippen molar-refractivity contribution in [3.8, 4) is 17.2 Å². The van der Waals surface area contributed by atoms with Gasteiger partial charge in [-0.3, -0.25) is 0 Å². The molecular formula is C14H14ClNO5. The zero-order chi connectivity index (χ0) is 15.4. The number of methoxy groups -OCH3 is 3. The minimum Gasteiger partial charge on any atom is -0.496 e. The normalized spacial score (nSPS) is 15.7. The van der Waals surface area contributed by atoms with Gasteiger partial charge in [-0.15, -0.1) is 11.6 Å². The largest absolute Gasteiger partial charge is 0.496 e. The van der Waals surface area contributed by atoms with E-state index < -0.39 is 5.97 Å². The highest BCUT2D eigenvalue weighted by Crippen LogP contribution is 2.36. The average Bonchev–Trinajstić information content (AvgIpc) is 2.87. The molecule has 21 heavy (non-hydrogen) atoms. The molecule has 0 fully saturated rings. The molecule has 1 aromatic carbocycles. The summed E-state index contributed by atoms with van der Waals surface area (Å²) in [6, 6.07) is 3.37. The van der Waals surface area contributed by atoms with Crippen molar-refractivity contribution in [1.82, 2.24) is 0 Å². The SMILES string of the molecule is COc1cc(OC)c(OC)cc1/C=C1/C(=O)ON=C1CCl. The number of hydrogen-bond acceptors (Lipinski definition) is 6. The minimum absolute atomic E-state index is 0.0766. The van der Waals surface area contributed by atoms with Gasteiger partial charge < -0.3 is 19.0 Å². The lowest BCUT2D eigenvalue weighted by Crippen LogP contribution is -2.06. The fraction of sp³-hybridized carbons (Fsp3) is 0.286. The molecule has 0 amide bonds. The number of ether oxygens (including phenoxy) is 3. The van der Waals surface area contributed by atoms with E-state index in [9.17, 15) is 4.79 Å². The van der Waals surface area contributed by atoms with E-state index in [1.807, 2.05) is 0 Å². The topological polar surface area (TPSA) is 66.4 Å². The Bertz CT molecular complexity index is 624. The standard InChI is InChI=1S/C14H14ClNO5/c1-18-11-6-13(20-3)12(19-2)5-8(11)4-9-10(7-15)16-21-14(9)17/h4-6H,7H2,1-3H3/b9-4+. The molecule has 112 valence electrons. The number of rotatable bonds is 5. The summed E-state index contributed by atoms with van der Waals surface area (Å²) >= 11 is 5.73. The second-order valence-corrected chi connectivity index (χ2v) is 4.32. The van der Waals surface area contributed by atoms with E-state index in [1.54, 1.807) is 18.2 Å². The third-order valence-electron chi connectivity index (χ3n) is 2.93. The van der Waals surface area contributed by atoms with Gasteiger partial charge >= 0.3 is 5.97 Å². The number of benzene rings is 1. The van der Waals surface area contributed by atoms with Crippen LogP contribution in [0.1, 0.15) is 5.56 Å². The maximum Gasteiger partial charge on any atom is 0.367 e. The highest BCUT2D eigenvalue weighted by Gasteiger charge is 2.25. The highest BCUT2D eigenvalue weighted by molar-refractivity contribution is 6.38. The van der Waals surface area contributed by atoms with Crippen LogP contribution in [0.3, 0.4) is 0 Å². The molecule has 0 radical (unpaired) electrons. The molecule has 1 aromatic rings. The van der Waals surface area contributed by atoms with E-state index in [0.717, 1.165) is 0 Å². The summed E-state index contributed by atoms with van der Waals surface area (Å²) in [5, 5.41) is 3.61. The first-order valence-electron chi connectivity index (χ1n) is 6.00. The van der Waals surface area contributed by atoms with E-state index in [2.05, 4.69) is 9.99 Å². The number of halogens is 1. The Morgan fingerprint density at radius 2 is 1.76 bits per heavy atom. The summed E-state index contributed by atoms with van der Waals surface area (Å²) in [6.07, 6.45) is 1.59. The first-order chi connectivity index (χ1) is 10.1. The lowest BCUT2D eigenvalue weighted by molar-refractivity contribution is -0.136. The molecular weight excluding hydrogens is 298 g/mol. The maximum absolute atomic E-state index is 11.7. The second-order valence-electron chi connectivity index (χ2n) is 4.06. The van der Waals surface area contributed by atoms with Crippen LogP contribution in [0.5, 0.6) is 17.2 Å². The van der Waals surface area contributed by atoms with Crippen molar-refractivity contribution in [2.45, 2.75) is 0 Å². The van der Waals surface area contributed by atoms with Gasteiger partial charge in [-0.05, 0) is 12.1 Å². The molecule has 0 aromatic heterocycles. The van der Waals surface area contributed by atoms with Crippen molar-refractivity contribution >= 4 is 29.4 Å². The number of carbonyl (C=O) groups excluding carboxylic acids is 1. The van der Waals surface area contributed by atoms with Crippen LogP contribution >= 0.6 is 11.6 Å². The third-order valence-corrected chi connectivity index (χ3v) is 3.19. The van der Waals surface area contributed by atoms with Gasteiger partial charge in [-0.2, -0.15) is 0 Å². The van der Waals surface area contributed by atoms with Gasteiger partial charge in [0.2, 0.25) is 0 Å². The summed E-state index contributed by atoms with van der Waals surface area (Å²) in [5.74, 6) is 1.08. The molecule has 1 aliphatic heterocycles. The second kappa shape index (κ2) is 6.49. The summed E-state index contributed by atoms with van der Waals surface area (Å²) in [6.45, 7) is 0. The van der Waals surface area contributed by atoms with Crippen molar-refractivity contribution in [3.63, 3.8) is 0 Å². The maximum atomic E-state index is 11.7. The molecule has 0 N–H and O–H groups in total. The lowest BCUT2D eigenvalue weighted by atomic mass is 10.1. The Kier molecular flexibility index (Phi) is 4.70. The molecule has 0 saturated heterocycles. The van der Waals surface area contributed by atoms with E-state index in [0.29, 0.717) is 28.5 Å². The molecule has 0 bridgehead atoms. The first-order valence-corrected chi connectivity index (χ1v) is 6.54. The quantitative estimate of drug-likeness (QED) is 0.474. The molecule has 0 spiro atoms. The van der Waals surface area contributed by atoms with Gasteiger partial charge in [0.25, 0.3) is 0 Å². The van der Waals surface area contributed by atoms with Crippen molar-refractivity contribution in [2.75, 3.05) is 27.2 Å². The number of nitrogens with zero attached hydrogens (tertiary/aromatic N) is 1. The molecule has 0 saturated carbocycles. The monoisotopic (exact) mass is 311 g/mol. The van der Waals surface area contributed by atoms with Gasteiger partial charge in [-0.25, -0.2) is 4.79 Å². The van der Waals surface area contributed by atoms with Crippen LogP contribution in [0.2, 0.25) is 0 Å². The van der Waals surface area contributed by atoms with Gasteiger partial charge in [-0.1, -0.05) is 5.16 Å². The number of hydrogen-bond donors (Lipinski definition) is 0. The van der Waals surface area contributed by atoms with Crippen molar-refractivity contribution in [1.29, 1.82) is 0 Å². The molecule has 6 nitrogen and oxygen atoms in total. The van der Waals surface area contributed by atoms with Crippen molar-refractivity contribution < 1.29 is 23.8 Å². The van der Waals surface area contributed by atoms with Crippen LogP contribution in [0.15, 0.2) is 22.9 Å². The highest BCUT2D eigenvalue weighted by atomic mass is 35.5. The fourth-order valence-corrected chi connectivity index (χ4v) is 2.07. The fourth-order valence-electron chi connectivity index (χ4n) is 1.87. The molecule has 0 atom stereocenters. The van der Waals surface area contributed by atoms with Gasteiger partial charge in [0.05, 0.1) is 32.8 Å². The van der Waals surface area contributed by atoms with Crippen molar-refractivity contribution in [3.05, 3.63) is 23.3 Å². The van der Waals surface area contributed by atoms with Gasteiger partial charge in [0.1, 0.15) is 11.5 Å². The van der Waals surface area contributed by atoms with E-state index in [-0.39, 0.29) is 11.5 Å². The van der Waals surface area contributed by atoms with E-state index >= 15 is 0 Å². The van der Waals surface area contributed by atoms with Crippen LogP contribution in [0, 0.1) is 0 Å². The van der Waals surface area contributed by atoms with Gasteiger partial charge in [0.15, 0.2) is 11.5 Å². The number of alkyl halides is 1. The van der Waals surface area contributed by atoms with Crippen LogP contribution < -0.4 is 14.2 Å². The number of oxime groups is 1. The van der Waals surface area contributed by atoms with E-state index in [1.165, 1.54) is 21.3 Å². The molecule has 0 unspecified atom stereocenters. The Labute approximate surface area is 126 Å². The average molecular weight is 312 g/mol.